The van der Waals surface area contributed by atoms with E-state index in [-0.39, 0.29) is 5.69 Å². The monoisotopic (exact) mass is 395 g/mol. The second kappa shape index (κ2) is 6.80. The molecule has 0 radical (unpaired) electrons. The van der Waals surface area contributed by atoms with E-state index in [4.69, 9.17) is 0 Å². The van der Waals surface area contributed by atoms with Crippen LogP contribution in [0.3, 0.4) is 0 Å². The Labute approximate surface area is 156 Å². The molecule has 5 nitrogen and oxygen atoms in total. The average Bonchev–Trinajstić information content (AvgIpc) is 2.89. The first kappa shape index (κ1) is 19.1. The number of thiophene rings is 1. The van der Waals surface area contributed by atoms with E-state index in [1.807, 2.05) is 6.92 Å². The van der Waals surface area contributed by atoms with Gasteiger partial charge in [0.15, 0.2) is 0 Å². The van der Waals surface area contributed by atoms with Gasteiger partial charge in [-0.05, 0) is 38.5 Å². The normalized spacial score (nSPS) is 13.0. The van der Waals surface area contributed by atoms with Crippen LogP contribution in [0.15, 0.2) is 35.4 Å². The first-order valence-corrected chi connectivity index (χ1v) is 8.87. The average molecular weight is 395 g/mol. The first-order valence-electron chi connectivity index (χ1n) is 8.05. The zero-order chi connectivity index (χ0) is 19.9. The van der Waals surface area contributed by atoms with Gasteiger partial charge in [-0.15, -0.1) is 11.3 Å². The van der Waals surface area contributed by atoms with E-state index in [0.29, 0.717) is 10.2 Å². The highest BCUT2D eigenvalue weighted by Crippen LogP contribution is 2.34. The summed E-state index contributed by atoms with van der Waals surface area (Å²) in [5.41, 5.74) is -0.909. The van der Waals surface area contributed by atoms with Crippen LogP contribution in [0.4, 0.5) is 18.9 Å². The van der Waals surface area contributed by atoms with E-state index in [0.717, 1.165) is 21.1 Å². The van der Waals surface area contributed by atoms with Crippen LogP contribution in [0.2, 0.25) is 0 Å². The van der Waals surface area contributed by atoms with E-state index < -0.39 is 29.2 Å². The molecule has 0 aliphatic heterocycles. The number of rotatable bonds is 3. The number of nitrogens with one attached hydrogen (secondary N) is 1. The van der Waals surface area contributed by atoms with Gasteiger partial charge in [0.1, 0.15) is 10.9 Å². The van der Waals surface area contributed by atoms with E-state index >= 15 is 0 Å². The van der Waals surface area contributed by atoms with Crippen molar-refractivity contribution in [1.29, 1.82) is 0 Å². The highest BCUT2D eigenvalue weighted by atomic mass is 32.1. The summed E-state index contributed by atoms with van der Waals surface area (Å²) in [6, 6.07) is 3.66. The first-order chi connectivity index (χ1) is 12.6. The molecule has 142 valence electrons. The third kappa shape index (κ3) is 3.46. The van der Waals surface area contributed by atoms with Crippen LogP contribution in [-0.2, 0) is 11.0 Å². The Balaban J connectivity index is 1.96. The molecule has 2 aromatic heterocycles. The molecule has 1 N–H and O–H groups in total. The summed E-state index contributed by atoms with van der Waals surface area (Å²) in [6.45, 7) is 5.11. The second-order valence-electron chi connectivity index (χ2n) is 6.13. The smallest absolute Gasteiger partial charge is 0.324 e. The maximum atomic E-state index is 13.1. The summed E-state index contributed by atoms with van der Waals surface area (Å²) in [5.74, 6) is -0.737. The van der Waals surface area contributed by atoms with Crippen LogP contribution in [0.5, 0.6) is 0 Å². The molecule has 3 aromatic rings. The molecule has 27 heavy (non-hydrogen) atoms. The molecule has 0 saturated heterocycles. The SMILES string of the molecule is Cc1sc2ncn([C@H](C)C(=O)Nc3ccccc3C(F)(F)F)c(=O)c2c1C. The van der Waals surface area contributed by atoms with E-state index in [1.54, 1.807) is 6.92 Å². The number of aryl methyl sites for hydroxylation is 2. The van der Waals surface area contributed by atoms with E-state index in [2.05, 4.69) is 10.3 Å². The quantitative estimate of drug-likeness (QED) is 0.719. The number of carbonyl (C=O) groups excluding carboxylic acids is 1. The van der Waals surface area contributed by atoms with Crippen molar-refractivity contribution in [2.45, 2.75) is 33.0 Å². The summed E-state index contributed by atoms with van der Waals surface area (Å²) in [4.78, 5) is 31.0. The molecule has 9 heteroatoms. The van der Waals surface area contributed by atoms with E-state index in [1.165, 1.54) is 42.8 Å². The number of nitrogens with zero attached hydrogens (tertiary/aromatic N) is 2. The van der Waals surface area contributed by atoms with E-state index in [9.17, 15) is 22.8 Å². The maximum Gasteiger partial charge on any atom is 0.418 e. The van der Waals surface area contributed by atoms with Crippen molar-refractivity contribution < 1.29 is 18.0 Å². The van der Waals surface area contributed by atoms with Crippen molar-refractivity contribution >= 4 is 33.1 Å². The highest BCUT2D eigenvalue weighted by Gasteiger charge is 2.34. The summed E-state index contributed by atoms with van der Waals surface area (Å²) >= 11 is 1.38. The molecule has 0 aliphatic rings. The van der Waals surface area contributed by atoms with Crippen molar-refractivity contribution in [2.24, 2.45) is 0 Å². The fourth-order valence-corrected chi connectivity index (χ4v) is 3.71. The molecule has 0 bridgehead atoms. The standard InChI is InChI=1S/C18H16F3N3O2S/c1-9-11(3)27-16-14(9)17(26)24(8-22-16)10(2)15(25)23-13-7-5-4-6-12(13)18(19,20)21/h4-8,10H,1-3H3,(H,23,25)/t10-/m1/s1. The number of para-hydroxylation sites is 1. The number of amides is 1. The van der Waals surface area contributed by atoms with Gasteiger partial charge in [-0.3, -0.25) is 14.2 Å². The largest absolute Gasteiger partial charge is 0.418 e. The lowest BCUT2D eigenvalue weighted by molar-refractivity contribution is -0.137. The summed E-state index contributed by atoms with van der Waals surface area (Å²) in [7, 11) is 0. The van der Waals surface area contributed by atoms with Crippen LogP contribution in [0.25, 0.3) is 10.2 Å². The number of halogens is 3. The van der Waals surface area contributed by atoms with Crippen molar-refractivity contribution in [1.82, 2.24) is 9.55 Å². The Kier molecular flexibility index (Phi) is 4.81. The number of aromatic nitrogens is 2. The summed E-state index contributed by atoms with van der Waals surface area (Å²) in [6.07, 6.45) is -3.35. The number of anilines is 1. The number of hydrogen-bond donors (Lipinski definition) is 1. The van der Waals surface area contributed by atoms with Gasteiger partial charge in [0.25, 0.3) is 5.56 Å². The Morgan fingerprint density at radius 1 is 1.26 bits per heavy atom. The van der Waals surface area contributed by atoms with Gasteiger partial charge < -0.3 is 5.32 Å². The van der Waals surface area contributed by atoms with Crippen molar-refractivity contribution in [2.75, 3.05) is 5.32 Å². The third-order valence-electron chi connectivity index (χ3n) is 4.40. The van der Waals surface area contributed by atoms with Gasteiger partial charge >= 0.3 is 6.18 Å². The van der Waals surface area contributed by atoms with Gasteiger partial charge in [0.2, 0.25) is 5.91 Å². The third-order valence-corrected chi connectivity index (χ3v) is 5.52. The highest BCUT2D eigenvalue weighted by molar-refractivity contribution is 7.18. The predicted octanol–water partition coefficient (Wildman–Crippen LogP) is 4.29. The summed E-state index contributed by atoms with van der Waals surface area (Å²) < 4.78 is 40.4. The zero-order valence-electron chi connectivity index (χ0n) is 14.7. The van der Waals surface area contributed by atoms with Gasteiger partial charge in [-0.25, -0.2) is 4.98 Å². The lowest BCUT2D eigenvalue weighted by Gasteiger charge is -2.17. The maximum absolute atomic E-state index is 13.1. The van der Waals surface area contributed by atoms with Crippen molar-refractivity contribution in [3.63, 3.8) is 0 Å². The number of carbonyl (C=O) groups is 1. The summed E-state index contributed by atoms with van der Waals surface area (Å²) in [5, 5.41) is 2.69. The molecule has 0 unspecified atom stereocenters. The topological polar surface area (TPSA) is 64.0 Å². The van der Waals surface area contributed by atoms with Gasteiger partial charge in [0.05, 0.1) is 23.0 Å². The molecule has 0 spiro atoms. The molecule has 0 saturated carbocycles. The lowest BCUT2D eigenvalue weighted by Crippen LogP contribution is -2.32. The molecule has 0 fully saturated rings. The van der Waals surface area contributed by atoms with Gasteiger partial charge in [-0.2, -0.15) is 13.2 Å². The van der Waals surface area contributed by atoms with Crippen LogP contribution in [-0.4, -0.2) is 15.5 Å². The minimum absolute atomic E-state index is 0.355. The van der Waals surface area contributed by atoms with Crippen molar-refractivity contribution in [3.05, 3.63) is 57.0 Å². The van der Waals surface area contributed by atoms with Crippen molar-refractivity contribution in [3.8, 4) is 0 Å². The lowest BCUT2D eigenvalue weighted by atomic mass is 10.1. The van der Waals surface area contributed by atoms with Crippen LogP contribution >= 0.6 is 11.3 Å². The molecular formula is C18H16F3N3O2S. The molecular weight excluding hydrogens is 379 g/mol. The molecule has 2 heterocycles. The number of benzene rings is 1. The predicted molar refractivity (Wildman–Crippen MR) is 98.1 cm³/mol. The van der Waals surface area contributed by atoms with Crippen LogP contribution in [0.1, 0.15) is 29.0 Å². The number of alkyl halides is 3. The van der Waals surface area contributed by atoms with Crippen LogP contribution in [0, 0.1) is 13.8 Å². The van der Waals surface area contributed by atoms with Gasteiger partial charge in [-0.1, -0.05) is 12.1 Å². The van der Waals surface area contributed by atoms with Gasteiger partial charge in [0, 0.05) is 4.88 Å². The molecule has 1 amide bonds. The number of fused-ring (bicyclic) bond motifs is 1. The molecule has 1 aromatic carbocycles. The minimum atomic E-state index is -4.60. The Morgan fingerprint density at radius 3 is 2.59 bits per heavy atom. The number of hydrogen-bond acceptors (Lipinski definition) is 4. The zero-order valence-corrected chi connectivity index (χ0v) is 15.5. The fraction of sp³-hybridized carbons (Fsp3) is 0.278. The molecule has 3 rings (SSSR count). The Bertz CT molecular complexity index is 1090. The Morgan fingerprint density at radius 2 is 1.93 bits per heavy atom. The minimum Gasteiger partial charge on any atom is -0.324 e. The molecule has 1 atom stereocenters. The fourth-order valence-electron chi connectivity index (χ4n) is 2.73. The second-order valence-corrected chi connectivity index (χ2v) is 7.33. The Hall–Kier alpha value is -2.68. The molecule has 0 aliphatic carbocycles. The van der Waals surface area contributed by atoms with Crippen LogP contribution < -0.4 is 10.9 Å².